The Morgan fingerprint density at radius 1 is 0.750 bits per heavy atom. The topological polar surface area (TPSA) is 44.9 Å². The number of hydrogen-bond acceptors (Lipinski definition) is 3. The summed E-state index contributed by atoms with van der Waals surface area (Å²) in [6.07, 6.45) is 1.79. The molecule has 3 aromatic heterocycles. The van der Waals surface area contributed by atoms with Crippen LogP contribution in [-0.4, -0.2) is 19.3 Å². The first-order valence-corrected chi connectivity index (χ1v) is 13.6. The molecule has 0 unspecified atom stereocenters. The molecule has 220 valence electrons. The minimum Gasteiger partial charge on any atom is -0.509 e. The van der Waals surface area contributed by atoms with Crippen LogP contribution in [0.15, 0.2) is 85.1 Å². The van der Waals surface area contributed by atoms with Gasteiger partial charge in [0.15, 0.2) is 11.6 Å². The number of nitrogens with zero attached hydrogens (tertiary/aromatic N) is 4. The Balaban J connectivity index is 0.00000343. The first-order chi connectivity index (χ1) is 20.8. The summed E-state index contributed by atoms with van der Waals surface area (Å²) in [5, 5.41) is 6.57. The Kier molecular flexibility index (Phi) is 7.64. The van der Waals surface area contributed by atoms with E-state index >= 15 is 0 Å². The number of aryl methyl sites for hydroxylation is 2. The van der Waals surface area contributed by atoms with Crippen LogP contribution in [-0.2, 0) is 21.1 Å². The van der Waals surface area contributed by atoms with Crippen molar-refractivity contribution in [3.05, 3.63) is 132 Å². The fourth-order valence-electron chi connectivity index (χ4n) is 5.55. The molecule has 0 aliphatic heterocycles. The van der Waals surface area contributed by atoms with Gasteiger partial charge < -0.3 is 9.30 Å². The van der Waals surface area contributed by atoms with Crippen LogP contribution in [0.2, 0.25) is 0 Å². The van der Waals surface area contributed by atoms with Crippen LogP contribution >= 0.6 is 0 Å². The van der Waals surface area contributed by atoms with Crippen molar-refractivity contribution in [3.63, 3.8) is 0 Å². The molecular formula is C35H23F3N4OPt. The average Bonchev–Trinajstić information content (AvgIpc) is 3.48. The zero-order valence-corrected chi connectivity index (χ0v) is 26.0. The van der Waals surface area contributed by atoms with Gasteiger partial charge in [0.1, 0.15) is 11.6 Å². The van der Waals surface area contributed by atoms with Crippen LogP contribution < -0.4 is 4.74 Å². The largest absolute Gasteiger partial charge is 2.00 e. The van der Waals surface area contributed by atoms with E-state index in [0.29, 0.717) is 28.6 Å². The van der Waals surface area contributed by atoms with Crippen LogP contribution in [0.5, 0.6) is 11.5 Å². The van der Waals surface area contributed by atoms with Gasteiger partial charge in [0, 0.05) is 34.5 Å². The molecule has 0 saturated carbocycles. The van der Waals surface area contributed by atoms with Crippen molar-refractivity contribution in [2.75, 3.05) is 0 Å². The van der Waals surface area contributed by atoms with Crippen molar-refractivity contribution in [2.24, 2.45) is 0 Å². The molecule has 9 heteroatoms. The summed E-state index contributed by atoms with van der Waals surface area (Å²) in [5.74, 6) is -1.61. The van der Waals surface area contributed by atoms with Crippen LogP contribution in [0.1, 0.15) is 17.0 Å². The average molecular weight is 768 g/mol. The summed E-state index contributed by atoms with van der Waals surface area (Å²) in [4.78, 5) is 4.61. The SMILES string of the molecule is Cc1ccnc(-n2c3[c-]c(Oc4[c-]c(-n5nc(C)c(-c6c(F)ccc(F)c6F)c5C)ccc4)ccc3c3ccccc32)c1.[Pt+2]. The van der Waals surface area contributed by atoms with Crippen LogP contribution in [0, 0.1) is 50.4 Å². The molecule has 0 aliphatic carbocycles. The first-order valence-electron chi connectivity index (χ1n) is 13.6. The maximum Gasteiger partial charge on any atom is 2.00 e. The Labute approximate surface area is 265 Å². The van der Waals surface area contributed by atoms with Gasteiger partial charge in [-0.1, -0.05) is 23.7 Å². The molecule has 4 aromatic carbocycles. The third-order valence-electron chi connectivity index (χ3n) is 7.47. The molecule has 5 nitrogen and oxygen atoms in total. The molecule has 7 rings (SSSR count). The van der Waals surface area contributed by atoms with Crippen molar-refractivity contribution in [1.82, 2.24) is 19.3 Å². The maximum atomic E-state index is 14.7. The molecule has 0 radical (unpaired) electrons. The van der Waals surface area contributed by atoms with Crippen molar-refractivity contribution in [2.45, 2.75) is 20.8 Å². The smallest absolute Gasteiger partial charge is 0.509 e. The predicted molar refractivity (Wildman–Crippen MR) is 159 cm³/mol. The number of hydrogen-bond donors (Lipinski definition) is 0. The fourth-order valence-corrected chi connectivity index (χ4v) is 5.55. The summed E-state index contributed by atoms with van der Waals surface area (Å²) >= 11 is 0. The quantitative estimate of drug-likeness (QED) is 0.130. The van der Waals surface area contributed by atoms with E-state index in [1.807, 2.05) is 43.3 Å². The van der Waals surface area contributed by atoms with Gasteiger partial charge in [-0.05, 0) is 67.7 Å². The molecule has 0 saturated heterocycles. The normalized spacial score (nSPS) is 11.2. The standard InChI is InChI=1S/C35H23F3N4O.Pt/c1-20-15-16-39-32(17-20)41-30-10-5-4-9-26(30)27-12-11-25(19-31(27)41)43-24-8-6-7-23(18-24)42-22(3)33(21(2)40-42)34-28(36)13-14-29(37)35(34)38;/h4-17H,1-3H3;/q-2;+2. The number of pyridine rings is 1. The minimum atomic E-state index is -1.25. The number of ether oxygens (including phenoxy) is 1. The van der Waals surface area contributed by atoms with E-state index in [1.54, 1.807) is 38.2 Å². The third-order valence-corrected chi connectivity index (χ3v) is 7.47. The third kappa shape index (κ3) is 4.89. The number of para-hydroxylation sites is 1. The molecule has 0 atom stereocenters. The zero-order chi connectivity index (χ0) is 29.8. The molecule has 0 aliphatic rings. The Hall–Kier alpha value is -4.68. The van der Waals surface area contributed by atoms with Crippen LogP contribution in [0.3, 0.4) is 0 Å². The molecule has 0 spiro atoms. The van der Waals surface area contributed by atoms with E-state index < -0.39 is 23.0 Å². The van der Waals surface area contributed by atoms with Gasteiger partial charge in [0.2, 0.25) is 0 Å². The van der Waals surface area contributed by atoms with E-state index in [0.717, 1.165) is 45.3 Å². The van der Waals surface area contributed by atoms with Gasteiger partial charge in [0.05, 0.1) is 11.3 Å². The van der Waals surface area contributed by atoms with E-state index in [1.165, 1.54) is 4.68 Å². The summed E-state index contributed by atoms with van der Waals surface area (Å²) in [6.45, 7) is 5.31. The van der Waals surface area contributed by atoms with Crippen molar-refractivity contribution in [3.8, 4) is 34.1 Å². The summed E-state index contributed by atoms with van der Waals surface area (Å²) in [7, 11) is 0. The van der Waals surface area contributed by atoms with Crippen molar-refractivity contribution < 1.29 is 39.0 Å². The van der Waals surface area contributed by atoms with Crippen molar-refractivity contribution in [1.29, 1.82) is 0 Å². The van der Waals surface area contributed by atoms with Gasteiger partial charge in [-0.15, -0.1) is 35.7 Å². The van der Waals surface area contributed by atoms with E-state index in [-0.39, 0.29) is 26.6 Å². The second-order valence-corrected chi connectivity index (χ2v) is 10.3. The fraction of sp³-hybridized carbons (Fsp3) is 0.0857. The molecular weight excluding hydrogens is 744 g/mol. The first kappa shape index (κ1) is 29.4. The van der Waals surface area contributed by atoms with Gasteiger partial charge in [-0.3, -0.25) is 4.68 Å². The number of benzene rings is 4. The monoisotopic (exact) mass is 767 g/mol. The number of fused-ring (bicyclic) bond motifs is 3. The van der Waals surface area contributed by atoms with Gasteiger partial charge in [-0.25, -0.2) is 18.2 Å². The maximum absolute atomic E-state index is 14.7. The van der Waals surface area contributed by atoms with Crippen LogP contribution in [0.25, 0.3) is 44.4 Å². The number of rotatable bonds is 5. The summed E-state index contributed by atoms with van der Waals surface area (Å²) in [6, 6.07) is 29.5. The molecule has 0 N–H and O–H groups in total. The second-order valence-electron chi connectivity index (χ2n) is 10.3. The Bertz CT molecular complexity index is 2210. The molecule has 0 amide bonds. The van der Waals surface area contributed by atoms with Crippen LogP contribution in [0.4, 0.5) is 13.2 Å². The molecule has 0 bridgehead atoms. The molecule has 3 heterocycles. The van der Waals surface area contributed by atoms with E-state index in [2.05, 4.69) is 38.9 Å². The zero-order valence-electron chi connectivity index (χ0n) is 23.7. The van der Waals surface area contributed by atoms with E-state index in [9.17, 15) is 13.2 Å². The minimum absolute atomic E-state index is 0. The molecule has 7 aromatic rings. The van der Waals surface area contributed by atoms with Gasteiger partial charge >= 0.3 is 21.1 Å². The van der Waals surface area contributed by atoms with Crippen molar-refractivity contribution >= 4 is 21.8 Å². The summed E-state index contributed by atoms with van der Waals surface area (Å²) < 4.78 is 53.1. The van der Waals surface area contributed by atoms with E-state index in [4.69, 9.17) is 4.74 Å². The predicted octanol–water partition coefficient (Wildman–Crippen LogP) is 8.76. The number of aromatic nitrogens is 4. The second kappa shape index (κ2) is 11.4. The Morgan fingerprint density at radius 3 is 2.34 bits per heavy atom. The van der Waals surface area contributed by atoms with Gasteiger partial charge in [0.25, 0.3) is 0 Å². The Morgan fingerprint density at radius 2 is 1.52 bits per heavy atom. The molecule has 44 heavy (non-hydrogen) atoms. The number of halogens is 3. The van der Waals surface area contributed by atoms with Gasteiger partial charge in [-0.2, -0.15) is 17.2 Å². The molecule has 0 fully saturated rings. The summed E-state index contributed by atoms with van der Waals surface area (Å²) in [5.41, 5.74) is 3.90.